The van der Waals surface area contributed by atoms with E-state index in [2.05, 4.69) is 16.5 Å². The van der Waals surface area contributed by atoms with Gasteiger partial charge in [-0.15, -0.1) is 6.58 Å². The Morgan fingerprint density at radius 3 is 2.67 bits per heavy atom. The van der Waals surface area contributed by atoms with Crippen molar-refractivity contribution < 1.29 is 4.39 Å². The van der Waals surface area contributed by atoms with Crippen molar-refractivity contribution in [2.45, 2.75) is 30.7 Å². The fourth-order valence-electron chi connectivity index (χ4n) is 1.88. The molecule has 3 nitrogen and oxygen atoms in total. The topological polar surface area (TPSA) is 45.8 Å². The van der Waals surface area contributed by atoms with Crippen molar-refractivity contribution >= 4 is 11.8 Å². The van der Waals surface area contributed by atoms with Gasteiger partial charge in [0, 0.05) is 22.9 Å². The van der Waals surface area contributed by atoms with Crippen LogP contribution in [0.1, 0.15) is 23.7 Å². The molecule has 2 aromatic rings. The summed E-state index contributed by atoms with van der Waals surface area (Å²) in [6, 6.07) is 6.14. The van der Waals surface area contributed by atoms with Crippen LogP contribution in [0.25, 0.3) is 0 Å². The summed E-state index contributed by atoms with van der Waals surface area (Å²) in [6.45, 7) is 7.51. The van der Waals surface area contributed by atoms with Gasteiger partial charge in [-0.1, -0.05) is 30.0 Å². The third-order valence-corrected chi connectivity index (χ3v) is 4.10. The number of aromatic amines is 1. The molecule has 0 aliphatic carbocycles. The summed E-state index contributed by atoms with van der Waals surface area (Å²) >= 11 is 1.45. The summed E-state index contributed by atoms with van der Waals surface area (Å²) in [5, 5.41) is 0.767. The zero-order chi connectivity index (χ0) is 15.4. The van der Waals surface area contributed by atoms with Crippen LogP contribution >= 0.6 is 11.8 Å². The first-order chi connectivity index (χ1) is 9.99. The monoisotopic (exact) mass is 304 g/mol. The van der Waals surface area contributed by atoms with Crippen LogP contribution in [0, 0.1) is 12.7 Å². The Labute approximate surface area is 127 Å². The number of nitrogens with zero attached hydrogens (tertiary/aromatic N) is 1. The van der Waals surface area contributed by atoms with Gasteiger partial charge in [0.05, 0.1) is 0 Å². The minimum Gasteiger partial charge on any atom is -0.301 e. The second-order valence-electron chi connectivity index (χ2n) is 4.80. The van der Waals surface area contributed by atoms with E-state index in [0.29, 0.717) is 22.8 Å². The summed E-state index contributed by atoms with van der Waals surface area (Å²) in [6.07, 6.45) is 2.24. The Balaban J connectivity index is 2.26. The van der Waals surface area contributed by atoms with Crippen LogP contribution in [0.5, 0.6) is 0 Å². The molecule has 0 aliphatic heterocycles. The molecule has 1 heterocycles. The Hall–Kier alpha value is -1.88. The molecule has 0 aliphatic rings. The van der Waals surface area contributed by atoms with Gasteiger partial charge in [-0.2, -0.15) is 0 Å². The van der Waals surface area contributed by atoms with Gasteiger partial charge in [0.15, 0.2) is 5.16 Å². The maximum Gasteiger partial charge on any atom is 0.255 e. The molecule has 0 spiro atoms. The predicted octanol–water partition coefficient (Wildman–Crippen LogP) is 3.47. The number of H-pyrrole nitrogens is 1. The lowest BCUT2D eigenvalue weighted by molar-refractivity contribution is 0.627. The van der Waals surface area contributed by atoms with Crippen LogP contribution in [0.3, 0.4) is 0 Å². The quantitative estimate of drug-likeness (QED) is 0.522. The third-order valence-electron chi connectivity index (χ3n) is 3.12. The summed E-state index contributed by atoms with van der Waals surface area (Å²) in [4.78, 5) is 19.4. The van der Waals surface area contributed by atoms with E-state index in [9.17, 15) is 9.18 Å². The van der Waals surface area contributed by atoms with Gasteiger partial charge in [-0.25, -0.2) is 9.37 Å². The summed E-state index contributed by atoms with van der Waals surface area (Å²) in [5.74, 6) is -0.285. The largest absolute Gasteiger partial charge is 0.301 e. The van der Waals surface area contributed by atoms with E-state index >= 15 is 0 Å². The van der Waals surface area contributed by atoms with Gasteiger partial charge in [0.1, 0.15) is 5.82 Å². The molecule has 2 rings (SSSR count). The fraction of sp³-hybridized carbons (Fsp3) is 0.250. The first-order valence-corrected chi connectivity index (χ1v) is 7.51. The molecule has 0 bridgehead atoms. The zero-order valence-corrected chi connectivity index (χ0v) is 12.8. The zero-order valence-electron chi connectivity index (χ0n) is 12.0. The van der Waals surface area contributed by atoms with Gasteiger partial charge >= 0.3 is 0 Å². The highest BCUT2D eigenvalue weighted by atomic mass is 32.2. The average Bonchev–Trinajstić information content (AvgIpc) is 2.44. The Bertz CT molecular complexity index is 694. The molecule has 1 N–H and O–H groups in total. The van der Waals surface area contributed by atoms with Crippen molar-refractivity contribution in [3.63, 3.8) is 0 Å². The smallest absolute Gasteiger partial charge is 0.255 e. The normalized spacial score (nSPS) is 12.1. The molecule has 0 fully saturated rings. The van der Waals surface area contributed by atoms with Crippen LogP contribution < -0.4 is 5.56 Å². The third kappa shape index (κ3) is 4.04. The van der Waals surface area contributed by atoms with Crippen LogP contribution in [-0.2, 0) is 6.42 Å². The lowest BCUT2D eigenvalue weighted by atomic mass is 10.1. The lowest BCUT2D eigenvalue weighted by Crippen LogP contribution is -2.18. The second kappa shape index (κ2) is 6.72. The van der Waals surface area contributed by atoms with Crippen molar-refractivity contribution in [1.29, 1.82) is 0 Å². The van der Waals surface area contributed by atoms with E-state index in [1.165, 1.54) is 23.9 Å². The highest BCUT2D eigenvalue weighted by Gasteiger charge is 2.11. The number of halogens is 1. The van der Waals surface area contributed by atoms with Crippen molar-refractivity contribution in [3.8, 4) is 0 Å². The Kier molecular flexibility index (Phi) is 4.96. The molecule has 0 saturated carbocycles. The van der Waals surface area contributed by atoms with Crippen molar-refractivity contribution in [2.24, 2.45) is 0 Å². The molecule has 0 saturated heterocycles. The first kappa shape index (κ1) is 15.5. The van der Waals surface area contributed by atoms with Crippen molar-refractivity contribution in [3.05, 3.63) is 69.9 Å². The number of hydrogen-bond acceptors (Lipinski definition) is 3. The van der Waals surface area contributed by atoms with Crippen LogP contribution in [-0.4, -0.2) is 15.2 Å². The number of benzene rings is 1. The lowest BCUT2D eigenvalue weighted by Gasteiger charge is -2.09. The standard InChI is InChI=1S/C16H17FN2OS/c1-4-10(2)21-16-18-11(3)14(15(20)19-16)9-12-5-7-13(17)8-6-12/h4-8,10H,1,9H2,2-3H3,(H,18,19,20)/t10-/m1/s1. The highest BCUT2D eigenvalue weighted by molar-refractivity contribution is 7.99. The number of thioether (sulfide) groups is 1. The summed E-state index contributed by atoms with van der Waals surface area (Å²) < 4.78 is 12.9. The molecule has 1 aromatic carbocycles. The Morgan fingerprint density at radius 2 is 2.10 bits per heavy atom. The van der Waals surface area contributed by atoms with Crippen LogP contribution in [0.2, 0.25) is 0 Å². The van der Waals surface area contributed by atoms with E-state index in [0.717, 1.165) is 5.56 Å². The van der Waals surface area contributed by atoms with Gasteiger partial charge < -0.3 is 4.98 Å². The molecule has 5 heteroatoms. The Morgan fingerprint density at radius 1 is 1.43 bits per heavy atom. The van der Waals surface area contributed by atoms with E-state index in [1.54, 1.807) is 18.2 Å². The maximum absolute atomic E-state index is 12.9. The van der Waals surface area contributed by atoms with Crippen molar-refractivity contribution in [2.75, 3.05) is 0 Å². The van der Waals surface area contributed by atoms with Crippen LogP contribution in [0.4, 0.5) is 4.39 Å². The molecule has 1 aromatic heterocycles. The molecule has 1 atom stereocenters. The number of nitrogens with one attached hydrogen (secondary N) is 1. The number of aryl methyl sites for hydroxylation is 1. The minimum absolute atomic E-state index is 0.148. The number of aromatic nitrogens is 2. The van der Waals surface area contributed by atoms with Crippen LogP contribution in [0.15, 0.2) is 46.9 Å². The fourth-order valence-corrected chi connectivity index (χ4v) is 2.67. The van der Waals surface area contributed by atoms with Gasteiger partial charge in [0.25, 0.3) is 5.56 Å². The summed E-state index contributed by atoms with van der Waals surface area (Å²) in [5.41, 5.74) is 2.04. The molecule has 110 valence electrons. The second-order valence-corrected chi connectivity index (χ2v) is 6.16. The van der Waals surface area contributed by atoms with Gasteiger partial charge in [-0.05, 0) is 31.5 Å². The van der Waals surface area contributed by atoms with Gasteiger partial charge in [0.2, 0.25) is 0 Å². The molecule has 21 heavy (non-hydrogen) atoms. The van der Waals surface area contributed by atoms with Crippen molar-refractivity contribution in [1.82, 2.24) is 9.97 Å². The SMILES string of the molecule is C=C[C@@H](C)Sc1nc(C)c(Cc2ccc(F)cc2)c(=O)[nH]1. The molecule has 0 unspecified atom stereocenters. The summed E-state index contributed by atoms with van der Waals surface area (Å²) in [7, 11) is 0. The molecule has 0 radical (unpaired) electrons. The molecule has 0 amide bonds. The highest BCUT2D eigenvalue weighted by Crippen LogP contribution is 2.20. The van der Waals surface area contributed by atoms with E-state index in [4.69, 9.17) is 0 Å². The first-order valence-electron chi connectivity index (χ1n) is 6.63. The van der Waals surface area contributed by atoms with E-state index < -0.39 is 0 Å². The van der Waals surface area contributed by atoms with E-state index in [1.807, 2.05) is 13.8 Å². The van der Waals surface area contributed by atoms with Gasteiger partial charge in [-0.3, -0.25) is 4.79 Å². The average molecular weight is 304 g/mol. The number of hydrogen-bond donors (Lipinski definition) is 1. The number of rotatable bonds is 5. The minimum atomic E-state index is -0.285. The maximum atomic E-state index is 12.9. The van der Waals surface area contributed by atoms with E-state index in [-0.39, 0.29) is 16.6 Å². The predicted molar refractivity (Wildman–Crippen MR) is 84.3 cm³/mol. The molecular formula is C16H17FN2OS. The molecular weight excluding hydrogens is 287 g/mol.